The Morgan fingerprint density at radius 2 is 2.00 bits per heavy atom. The highest BCUT2D eigenvalue weighted by Crippen LogP contribution is 2.16. The Morgan fingerprint density at radius 1 is 1.22 bits per heavy atom. The lowest BCUT2D eigenvalue weighted by atomic mass is 10.2. The number of H-pyrrole nitrogens is 1. The fraction of sp³-hybridized carbons (Fsp3) is 0.154. The zero-order valence-corrected chi connectivity index (χ0v) is 11.1. The maximum Gasteiger partial charge on any atom is 0.191 e. The van der Waals surface area contributed by atoms with Crippen LogP contribution in [0, 0.1) is 0 Å². The van der Waals surface area contributed by atoms with Crippen LogP contribution in [0.1, 0.15) is 16.1 Å². The Labute approximate surface area is 113 Å². The van der Waals surface area contributed by atoms with Gasteiger partial charge in [-0.1, -0.05) is 29.8 Å². The molecule has 1 aromatic heterocycles. The molecule has 0 radical (unpaired) electrons. The van der Waals surface area contributed by atoms with Gasteiger partial charge in [0.2, 0.25) is 0 Å². The zero-order valence-electron chi connectivity index (χ0n) is 9.56. The molecule has 0 aliphatic carbocycles. The first-order valence-electron chi connectivity index (χ1n) is 5.42. The normalized spacial score (nSPS) is 12.3. The molecule has 0 fully saturated rings. The molecular weight excluding hydrogens is 270 g/mol. The Balaban J connectivity index is 1.98. The first kappa shape index (κ1) is 13.1. The minimum Gasteiger partial charge on any atom is -0.359 e. The second-order valence-electron chi connectivity index (χ2n) is 3.83. The van der Waals surface area contributed by atoms with Crippen LogP contribution in [0.3, 0.4) is 0 Å². The molecule has 0 aliphatic heterocycles. The van der Waals surface area contributed by atoms with Gasteiger partial charge in [0, 0.05) is 22.0 Å². The third-order valence-corrected chi connectivity index (χ3v) is 4.05. The fourth-order valence-corrected chi connectivity index (χ4v) is 3.00. The molecule has 1 heterocycles. The molecule has 0 amide bonds. The Morgan fingerprint density at radius 3 is 2.67 bits per heavy atom. The van der Waals surface area contributed by atoms with Gasteiger partial charge in [0.05, 0.1) is 17.2 Å². The molecular formula is C13H12ClNO2S. The molecule has 0 saturated heterocycles. The minimum absolute atomic E-state index is 0.00569. The summed E-state index contributed by atoms with van der Waals surface area (Å²) in [7, 11) is -1.25. The van der Waals surface area contributed by atoms with Crippen molar-refractivity contribution in [2.75, 3.05) is 5.75 Å². The van der Waals surface area contributed by atoms with Gasteiger partial charge in [-0.15, -0.1) is 0 Å². The van der Waals surface area contributed by atoms with Crippen molar-refractivity contribution in [3.05, 3.63) is 58.9 Å². The van der Waals surface area contributed by atoms with E-state index in [-0.39, 0.29) is 11.5 Å². The molecule has 0 saturated carbocycles. The maximum absolute atomic E-state index is 11.9. The zero-order chi connectivity index (χ0) is 13.0. The van der Waals surface area contributed by atoms with Gasteiger partial charge < -0.3 is 4.98 Å². The predicted molar refractivity (Wildman–Crippen MR) is 73.3 cm³/mol. The Bertz CT molecular complexity index is 566. The third kappa shape index (κ3) is 3.31. The van der Waals surface area contributed by atoms with Gasteiger partial charge in [0.1, 0.15) is 0 Å². The number of aromatic nitrogens is 1. The summed E-state index contributed by atoms with van der Waals surface area (Å²) < 4.78 is 11.9. The molecule has 1 atom stereocenters. The summed E-state index contributed by atoms with van der Waals surface area (Å²) in [6.07, 6.45) is 1.67. The first-order chi connectivity index (χ1) is 8.66. The lowest BCUT2D eigenvalue weighted by Gasteiger charge is -2.03. The summed E-state index contributed by atoms with van der Waals surface area (Å²) in [5.41, 5.74) is 1.29. The van der Waals surface area contributed by atoms with Crippen LogP contribution in [0.5, 0.6) is 0 Å². The minimum atomic E-state index is -1.25. The highest BCUT2D eigenvalue weighted by molar-refractivity contribution is 7.85. The summed E-state index contributed by atoms with van der Waals surface area (Å²) >= 11 is 5.98. The van der Waals surface area contributed by atoms with Gasteiger partial charge in [-0.25, -0.2) is 0 Å². The van der Waals surface area contributed by atoms with Crippen LogP contribution in [0.25, 0.3) is 0 Å². The Hall–Kier alpha value is -1.39. The van der Waals surface area contributed by atoms with Crippen molar-refractivity contribution in [3.63, 3.8) is 0 Å². The van der Waals surface area contributed by atoms with Gasteiger partial charge in [0.15, 0.2) is 5.78 Å². The average Bonchev–Trinajstić information content (AvgIpc) is 2.85. The fourth-order valence-electron chi connectivity index (χ4n) is 1.57. The van der Waals surface area contributed by atoms with Crippen LogP contribution in [-0.2, 0) is 16.6 Å². The SMILES string of the molecule is O=C(CS(=O)Cc1ccccc1Cl)c1ccc[nH]1. The van der Waals surface area contributed by atoms with Gasteiger partial charge in [-0.3, -0.25) is 9.00 Å². The number of halogens is 1. The van der Waals surface area contributed by atoms with E-state index in [2.05, 4.69) is 4.98 Å². The molecule has 1 aromatic carbocycles. The second-order valence-corrected chi connectivity index (χ2v) is 5.69. The molecule has 0 bridgehead atoms. The number of benzene rings is 1. The number of hydrogen-bond acceptors (Lipinski definition) is 2. The van der Waals surface area contributed by atoms with Crippen LogP contribution >= 0.6 is 11.6 Å². The van der Waals surface area contributed by atoms with Crippen molar-refractivity contribution in [2.24, 2.45) is 0 Å². The van der Waals surface area contributed by atoms with Gasteiger partial charge >= 0.3 is 0 Å². The van der Waals surface area contributed by atoms with E-state index in [0.717, 1.165) is 5.56 Å². The summed E-state index contributed by atoms with van der Waals surface area (Å²) in [6, 6.07) is 10.6. The van der Waals surface area contributed by atoms with Crippen molar-refractivity contribution in [1.82, 2.24) is 4.98 Å². The van der Waals surface area contributed by atoms with Crippen molar-refractivity contribution in [1.29, 1.82) is 0 Å². The molecule has 5 heteroatoms. The van der Waals surface area contributed by atoms with Crippen molar-refractivity contribution < 1.29 is 9.00 Å². The predicted octanol–water partition coefficient (Wildman–Crippen LogP) is 2.80. The number of aromatic amines is 1. The number of nitrogens with one attached hydrogen (secondary N) is 1. The van der Waals surface area contributed by atoms with E-state index in [4.69, 9.17) is 11.6 Å². The van der Waals surface area contributed by atoms with E-state index < -0.39 is 10.8 Å². The highest BCUT2D eigenvalue weighted by Gasteiger charge is 2.12. The first-order valence-corrected chi connectivity index (χ1v) is 7.28. The van der Waals surface area contributed by atoms with Gasteiger partial charge in [0.25, 0.3) is 0 Å². The summed E-state index contributed by atoms with van der Waals surface area (Å²) in [6.45, 7) is 0. The summed E-state index contributed by atoms with van der Waals surface area (Å²) in [5.74, 6) is 0.156. The molecule has 2 rings (SSSR count). The van der Waals surface area contributed by atoms with Crippen molar-refractivity contribution in [2.45, 2.75) is 5.75 Å². The topological polar surface area (TPSA) is 49.9 Å². The van der Waals surface area contributed by atoms with Crippen LogP contribution in [0.2, 0.25) is 5.02 Å². The molecule has 3 nitrogen and oxygen atoms in total. The van der Waals surface area contributed by atoms with E-state index in [1.54, 1.807) is 24.4 Å². The van der Waals surface area contributed by atoms with Crippen LogP contribution < -0.4 is 0 Å². The molecule has 0 spiro atoms. The van der Waals surface area contributed by atoms with E-state index >= 15 is 0 Å². The largest absolute Gasteiger partial charge is 0.359 e. The van der Waals surface area contributed by atoms with Crippen LogP contribution in [0.4, 0.5) is 0 Å². The Kier molecular flexibility index (Phi) is 4.33. The highest BCUT2D eigenvalue weighted by atomic mass is 35.5. The lowest BCUT2D eigenvalue weighted by molar-refractivity contribution is 0.101. The van der Waals surface area contributed by atoms with E-state index in [1.165, 1.54) is 0 Å². The second kappa shape index (κ2) is 5.98. The smallest absolute Gasteiger partial charge is 0.191 e. The summed E-state index contributed by atoms with van der Waals surface area (Å²) in [5, 5.41) is 0.582. The molecule has 1 N–H and O–H groups in total. The molecule has 1 unspecified atom stereocenters. The number of hydrogen-bond donors (Lipinski definition) is 1. The lowest BCUT2D eigenvalue weighted by Crippen LogP contribution is -2.12. The quantitative estimate of drug-likeness (QED) is 0.857. The van der Waals surface area contributed by atoms with Crippen LogP contribution in [0.15, 0.2) is 42.6 Å². The van der Waals surface area contributed by atoms with E-state index in [1.807, 2.05) is 18.2 Å². The monoisotopic (exact) mass is 281 g/mol. The molecule has 18 heavy (non-hydrogen) atoms. The van der Waals surface area contributed by atoms with E-state index in [9.17, 15) is 9.00 Å². The van der Waals surface area contributed by atoms with Gasteiger partial charge in [-0.2, -0.15) is 0 Å². The number of carbonyl (C=O) groups is 1. The van der Waals surface area contributed by atoms with E-state index in [0.29, 0.717) is 16.5 Å². The molecule has 94 valence electrons. The molecule has 0 aliphatic rings. The van der Waals surface area contributed by atoms with Crippen molar-refractivity contribution in [3.8, 4) is 0 Å². The number of carbonyl (C=O) groups excluding carboxylic acids is 1. The average molecular weight is 282 g/mol. The number of ketones is 1. The maximum atomic E-state index is 11.9. The molecule has 2 aromatic rings. The standard InChI is InChI=1S/C13H12ClNO2S/c14-11-5-2-1-4-10(11)8-18(17)9-13(16)12-6-3-7-15-12/h1-7,15H,8-9H2. The van der Waals surface area contributed by atoms with Crippen LogP contribution in [-0.4, -0.2) is 20.7 Å². The number of Topliss-reactive ketones (excluding diaryl/α,β-unsaturated/α-hetero) is 1. The summed E-state index contributed by atoms with van der Waals surface area (Å²) in [4.78, 5) is 14.5. The number of rotatable bonds is 5. The van der Waals surface area contributed by atoms with Crippen molar-refractivity contribution >= 4 is 28.2 Å². The van der Waals surface area contributed by atoms with Gasteiger partial charge in [-0.05, 0) is 23.8 Å². The third-order valence-electron chi connectivity index (χ3n) is 2.46.